The van der Waals surface area contributed by atoms with Crippen molar-refractivity contribution in [3.05, 3.63) is 96.6 Å². The highest BCUT2D eigenvalue weighted by atomic mass is 16.6. The number of cyclic esters (lactones) is 1. The highest BCUT2D eigenvalue weighted by Gasteiger charge is 2.43. The van der Waals surface area contributed by atoms with Crippen molar-refractivity contribution in [2.75, 3.05) is 4.90 Å². The number of ether oxygens (including phenoxy) is 1. The normalized spacial score (nSPS) is 18.7. The minimum absolute atomic E-state index is 0.0779. The number of carbonyl (C=O) groups excluding carboxylic acids is 2. The summed E-state index contributed by atoms with van der Waals surface area (Å²) in [4.78, 5) is 27.3. The molecule has 1 fully saturated rings. The molecule has 2 atom stereocenters. The van der Waals surface area contributed by atoms with E-state index in [9.17, 15) is 9.59 Å². The van der Waals surface area contributed by atoms with E-state index in [0.717, 1.165) is 16.9 Å². The molecule has 0 aliphatic carbocycles. The van der Waals surface area contributed by atoms with E-state index < -0.39 is 12.0 Å². The number of para-hydroxylation sites is 2. The molecule has 0 saturated carbocycles. The molecule has 134 valence electrons. The smallest absolute Gasteiger partial charge is 0.307 e. The number of amides is 1. The van der Waals surface area contributed by atoms with Crippen LogP contribution in [-0.2, 0) is 14.3 Å². The van der Waals surface area contributed by atoms with Crippen molar-refractivity contribution in [2.45, 2.75) is 12.5 Å². The summed E-state index contributed by atoms with van der Waals surface area (Å²) >= 11 is 0. The van der Waals surface area contributed by atoms with Crippen LogP contribution in [0.4, 0.5) is 11.4 Å². The molecule has 0 N–H and O–H groups in total. The summed E-state index contributed by atoms with van der Waals surface area (Å²) in [6.45, 7) is 0. The third kappa shape index (κ3) is 3.47. The monoisotopic (exact) mass is 357 g/mol. The van der Waals surface area contributed by atoms with E-state index in [1.54, 1.807) is 4.90 Å². The number of hydrogen-bond donors (Lipinski definition) is 0. The molecule has 3 aromatic rings. The van der Waals surface area contributed by atoms with Crippen LogP contribution in [0, 0.1) is 5.92 Å². The molecule has 0 aromatic heterocycles. The summed E-state index contributed by atoms with van der Waals surface area (Å²) in [5.74, 6) is -1.06. The minimum atomic E-state index is -0.569. The van der Waals surface area contributed by atoms with Gasteiger partial charge in [0.15, 0.2) is 0 Å². The summed E-state index contributed by atoms with van der Waals surface area (Å²) in [5.41, 5.74) is 2.36. The van der Waals surface area contributed by atoms with Crippen LogP contribution in [0.25, 0.3) is 0 Å². The van der Waals surface area contributed by atoms with E-state index in [4.69, 9.17) is 4.74 Å². The molecule has 0 spiro atoms. The lowest BCUT2D eigenvalue weighted by Gasteiger charge is -2.27. The summed E-state index contributed by atoms with van der Waals surface area (Å²) in [7, 11) is 0. The van der Waals surface area contributed by atoms with Crippen molar-refractivity contribution in [2.24, 2.45) is 5.92 Å². The Kier molecular flexibility index (Phi) is 4.71. The predicted octanol–water partition coefficient (Wildman–Crippen LogP) is 4.66. The molecule has 1 saturated heterocycles. The maximum atomic E-state index is 13.6. The second kappa shape index (κ2) is 7.46. The van der Waals surface area contributed by atoms with Gasteiger partial charge in [-0.1, -0.05) is 66.7 Å². The fourth-order valence-electron chi connectivity index (χ4n) is 3.44. The first-order valence-corrected chi connectivity index (χ1v) is 8.92. The van der Waals surface area contributed by atoms with Crippen molar-refractivity contribution >= 4 is 23.3 Å². The van der Waals surface area contributed by atoms with Crippen LogP contribution in [0.5, 0.6) is 0 Å². The van der Waals surface area contributed by atoms with Crippen LogP contribution in [-0.4, -0.2) is 11.9 Å². The van der Waals surface area contributed by atoms with Gasteiger partial charge in [0.1, 0.15) is 6.10 Å². The van der Waals surface area contributed by atoms with Crippen LogP contribution >= 0.6 is 0 Å². The van der Waals surface area contributed by atoms with E-state index in [1.165, 1.54) is 0 Å². The highest BCUT2D eigenvalue weighted by molar-refractivity contribution is 6.04. The standard InChI is InChI=1S/C23H19NO3/c25-21-16-20(22(27-21)17-10-4-1-5-11-17)23(26)24(18-12-6-2-7-13-18)19-14-8-3-9-15-19/h1-15,20,22H,16H2/t20-,22-/m1/s1. The molecule has 4 nitrogen and oxygen atoms in total. The van der Waals surface area contributed by atoms with E-state index >= 15 is 0 Å². The highest BCUT2D eigenvalue weighted by Crippen LogP contribution is 2.39. The first-order valence-electron chi connectivity index (χ1n) is 8.92. The van der Waals surface area contributed by atoms with Gasteiger partial charge in [-0.25, -0.2) is 0 Å². The number of carbonyl (C=O) groups is 2. The third-order valence-corrected chi connectivity index (χ3v) is 4.70. The molecule has 0 radical (unpaired) electrons. The van der Waals surface area contributed by atoms with Gasteiger partial charge in [-0.05, 0) is 29.8 Å². The average Bonchev–Trinajstić information content (AvgIpc) is 3.12. The maximum absolute atomic E-state index is 13.6. The summed E-state index contributed by atoms with van der Waals surface area (Å²) < 4.78 is 5.52. The molecule has 1 aliphatic heterocycles. The fraction of sp³-hybridized carbons (Fsp3) is 0.130. The Balaban J connectivity index is 1.74. The van der Waals surface area contributed by atoms with Gasteiger partial charge >= 0.3 is 5.97 Å². The minimum Gasteiger partial charge on any atom is -0.457 e. The van der Waals surface area contributed by atoms with Crippen molar-refractivity contribution in [1.82, 2.24) is 0 Å². The van der Waals surface area contributed by atoms with Gasteiger partial charge in [0.25, 0.3) is 0 Å². The second-order valence-electron chi connectivity index (χ2n) is 6.48. The van der Waals surface area contributed by atoms with Gasteiger partial charge in [0, 0.05) is 11.4 Å². The Morgan fingerprint density at radius 1 is 0.778 bits per heavy atom. The van der Waals surface area contributed by atoms with Crippen molar-refractivity contribution in [1.29, 1.82) is 0 Å². The van der Waals surface area contributed by atoms with Crippen molar-refractivity contribution in [3.63, 3.8) is 0 Å². The number of anilines is 2. The van der Waals surface area contributed by atoms with Crippen molar-refractivity contribution < 1.29 is 14.3 Å². The zero-order valence-electron chi connectivity index (χ0n) is 14.7. The van der Waals surface area contributed by atoms with Gasteiger partial charge in [-0.2, -0.15) is 0 Å². The largest absolute Gasteiger partial charge is 0.457 e. The van der Waals surface area contributed by atoms with Gasteiger partial charge in [-0.3, -0.25) is 14.5 Å². The molecule has 3 aromatic carbocycles. The first kappa shape index (κ1) is 17.0. The van der Waals surface area contributed by atoms with Gasteiger partial charge < -0.3 is 4.74 Å². The average molecular weight is 357 g/mol. The van der Waals surface area contributed by atoms with Crippen LogP contribution < -0.4 is 4.90 Å². The Morgan fingerprint density at radius 3 is 1.78 bits per heavy atom. The lowest BCUT2D eigenvalue weighted by atomic mass is 9.93. The topological polar surface area (TPSA) is 46.6 Å². The summed E-state index contributed by atoms with van der Waals surface area (Å²) in [5, 5.41) is 0. The lowest BCUT2D eigenvalue weighted by molar-refractivity contribution is -0.141. The van der Waals surface area contributed by atoms with E-state index in [0.29, 0.717) is 0 Å². The second-order valence-corrected chi connectivity index (χ2v) is 6.48. The van der Waals surface area contributed by atoms with Crippen LogP contribution in [0.3, 0.4) is 0 Å². The zero-order chi connectivity index (χ0) is 18.6. The Morgan fingerprint density at radius 2 is 1.26 bits per heavy atom. The van der Waals surface area contributed by atoms with Gasteiger partial charge in [0.05, 0.1) is 12.3 Å². The molecule has 0 unspecified atom stereocenters. The van der Waals surface area contributed by atoms with Crippen LogP contribution in [0.1, 0.15) is 18.1 Å². The quantitative estimate of drug-likeness (QED) is 0.638. The molecular weight excluding hydrogens is 338 g/mol. The third-order valence-electron chi connectivity index (χ3n) is 4.70. The Hall–Kier alpha value is -3.40. The van der Waals surface area contributed by atoms with E-state index in [2.05, 4.69) is 0 Å². The van der Waals surface area contributed by atoms with Gasteiger partial charge in [-0.15, -0.1) is 0 Å². The molecule has 4 heteroatoms. The van der Waals surface area contributed by atoms with E-state index in [-0.39, 0.29) is 18.3 Å². The number of nitrogens with zero attached hydrogens (tertiary/aromatic N) is 1. The first-order chi connectivity index (χ1) is 13.2. The molecule has 4 rings (SSSR count). The van der Waals surface area contributed by atoms with Gasteiger partial charge in [0.2, 0.25) is 5.91 Å². The Labute approximate surface area is 158 Å². The summed E-state index contributed by atoms with van der Waals surface area (Å²) in [6, 6.07) is 28.4. The molecule has 1 heterocycles. The number of esters is 1. The SMILES string of the molecule is O=C1C[C@@H](C(=O)N(c2ccccc2)c2ccccc2)[C@@H](c2ccccc2)O1. The fourth-order valence-corrected chi connectivity index (χ4v) is 3.44. The Bertz CT molecular complexity index is 886. The molecular formula is C23H19NO3. The number of hydrogen-bond acceptors (Lipinski definition) is 3. The molecule has 27 heavy (non-hydrogen) atoms. The zero-order valence-corrected chi connectivity index (χ0v) is 14.7. The molecule has 0 bridgehead atoms. The van der Waals surface area contributed by atoms with E-state index in [1.807, 2.05) is 91.0 Å². The predicted molar refractivity (Wildman–Crippen MR) is 103 cm³/mol. The van der Waals surface area contributed by atoms with Crippen LogP contribution in [0.15, 0.2) is 91.0 Å². The molecule has 1 amide bonds. The molecule has 1 aliphatic rings. The van der Waals surface area contributed by atoms with Crippen molar-refractivity contribution in [3.8, 4) is 0 Å². The maximum Gasteiger partial charge on any atom is 0.307 e. The number of rotatable bonds is 4. The lowest BCUT2D eigenvalue weighted by Crippen LogP contribution is -2.34. The summed E-state index contributed by atoms with van der Waals surface area (Å²) in [6.07, 6.45) is -0.490. The van der Waals surface area contributed by atoms with Crippen LogP contribution in [0.2, 0.25) is 0 Å². The number of benzene rings is 3.